The van der Waals surface area contributed by atoms with Gasteiger partial charge in [-0.25, -0.2) is 4.79 Å². The lowest BCUT2D eigenvalue weighted by Gasteiger charge is -2.28. The molecule has 0 aliphatic carbocycles. The van der Waals surface area contributed by atoms with Crippen molar-refractivity contribution in [2.45, 2.75) is 6.61 Å². The van der Waals surface area contributed by atoms with Crippen LogP contribution in [-0.4, -0.2) is 41.7 Å². The molecule has 0 unspecified atom stereocenters. The summed E-state index contributed by atoms with van der Waals surface area (Å²) >= 11 is 4.33. The van der Waals surface area contributed by atoms with Crippen molar-refractivity contribution < 1.29 is 19.1 Å². The summed E-state index contributed by atoms with van der Waals surface area (Å²) in [5.41, 5.74) is 1.71. The minimum Gasteiger partial charge on any atom is -0.487 e. The van der Waals surface area contributed by atoms with Gasteiger partial charge < -0.3 is 4.74 Å². The summed E-state index contributed by atoms with van der Waals surface area (Å²) in [7, 11) is 2.71. The predicted octanol–water partition coefficient (Wildman–Crippen LogP) is 3.91. The fourth-order valence-corrected chi connectivity index (χ4v) is 4.80. The number of ether oxygens (including phenoxy) is 1. The van der Waals surface area contributed by atoms with Gasteiger partial charge in [0.25, 0.3) is 11.8 Å². The molecule has 144 valence electrons. The quantitative estimate of drug-likeness (QED) is 0.303. The molecule has 28 heavy (non-hydrogen) atoms. The summed E-state index contributed by atoms with van der Waals surface area (Å²) in [4.78, 5) is 38.4. The molecule has 1 saturated heterocycles. The third-order valence-electron chi connectivity index (χ3n) is 4.20. The van der Waals surface area contributed by atoms with E-state index in [2.05, 4.69) is 45.2 Å². The third kappa shape index (κ3) is 4.22. The van der Waals surface area contributed by atoms with Crippen LogP contribution < -0.4 is 4.74 Å². The van der Waals surface area contributed by atoms with Crippen LogP contribution in [0.25, 0.3) is 6.08 Å². The first kappa shape index (κ1) is 20.8. The lowest BCUT2D eigenvalue weighted by atomic mass is 10.1. The van der Waals surface area contributed by atoms with Crippen molar-refractivity contribution in [1.82, 2.24) is 9.80 Å². The number of urea groups is 1. The number of benzene rings is 2. The Hall–Kier alpha value is -1.95. The Morgan fingerprint density at radius 1 is 0.929 bits per heavy atom. The minimum atomic E-state index is -0.638. The topological polar surface area (TPSA) is 66.9 Å². The van der Waals surface area contributed by atoms with Crippen molar-refractivity contribution in [3.05, 3.63) is 66.3 Å². The standard InChI is InChI=1S/C20H16I2N2O4/c1-23-18(25)14(19(26)24(2)20(23)27)8-13-9-15(21)17(16(22)10-13)28-11-12-6-4-3-5-7-12/h3-10H,11H2,1-2H3. The molecular formula is C20H16I2N2O4. The molecule has 0 spiro atoms. The number of amides is 4. The molecule has 1 heterocycles. The number of imide groups is 2. The summed E-state index contributed by atoms with van der Waals surface area (Å²) in [6.07, 6.45) is 1.51. The fraction of sp³-hybridized carbons (Fsp3) is 0.150. The van der Waals surface area contributed by atoms with E-state index < -0.39 is 17.8 Å². The third-order valence-corrected chi connectivity index (χ3v) is 5.80. The van der Waals surface area contributed by atoms with Crippen molar-refractivity contribution in [3.63, 3.8) is 0 Å². The van der Waals surface area contributed by atoms with Crippen LogP contribution in [0.5, 0.6) is 5.75 Å². The van der Waals surface area contributed by atoms with E-state index in [-0.39, 0.29) is 5.57 Å². The lowest BCUT2D eigenvalue weighted by molar-refractivity contribution is -0.134. The second-order valence-corrected chi connectivity index (χ2v) is 8.48. The van der Waals surface area contributed by atoms with Crippen molar-refractivity contribution in [2.24, 2.45) is 0 Å². The van der Waals surface area contributed by atoms with E-state index in [4.69, 9.17) is 4.74 Å². The van der Waals surface area contributed by atoms with Gasteiger partial charge in [-0.1, -0.05) is 30.3 Å². The first-order chi connectivity index (χ1) is 13.3. The van der Waals surface area contributed by atoms with E-state index in [1.807, 2.05) is 42.5 Å². The number of nitrogens with zero attached hydrogens (tertiary/aromatic N) is 2. The smallest absolute Gasteiger partial charge is 0.333 e. The van der Waals surface area contributed by atoms with Gasteiger partial charge in [0.2, 0.25) is 0 Å². The van der Waals surface area contributed by atoms with Crippen molar-refractivity contribution in [1.29, 1.82) is 0 Å². The number of rotatable bonds is 4. The minimum absolute atomic E-state index is 0.0471. The molecule has 0 saturated carbocycles. The molecule has 4 amide bonds. The van der Waals surface area contributed by atoms with Gasteiger partial charge in [0.05, 0.1) is 7.14 Å². The summed E-state index contributed by atoms with van der Waals surface area (Å²) in [6.45, 7) is 0.446. The van der Waals surface area contributed by atoms with Crippen LogP contribution in [-0.2, 0) is 16.2 Å². The van der Waals surface area contributed by atoms with Gasteiger partial charge >= 0.3 is 6.03 Å². The zero-order valence-electron chi connectivity index (χ0n) is 15.1. The first-order valence-electron chi connectivity index (χ1n) is 8.27. The highest BCUT2D eigenvalue weighted by molar-refractivity contribution is 14.1. The highest BCUT2D eigenvalue weighted by atomic mass is 127. The van der Waals surface area contributed by atoms with Crippen molar-refractivity contribution in [3.8, 4) is 5.75 Å². The Bertz CT molecular complexity index is 940. The summed E-state index contributed by atoms with van der Waals surface area (Å²) in [5.74, 6) is -0.469. The maximum atomic E-state index is 12.4. The van der Waals surface area contributed by atoms with Crippen LogP contribution in [0.4, 0.5) is 4.79 Å². The van der Waals surface area contributed by atoms with Crippen molar-refractivity contribution >= 4 is 69.1 Å². The number of carbonyl (C=O) groups is 3. The van der Waals surface area contributed by atoms with E-state index in [1.165, 1.54) is 20.2 Å². The molecule has 3 rings (SSSR count). The normalized spacial score (nSPS) is 14.6. The Labute approximate surface area is 189 Å². The summed E-state index contributed by atoms with van der Waals surface area (Å²) in [5, 5.41) is 0. The molecule has 1 aliphatic heterocycles. The highest BCUT2D eigenvalue weighted by Gasteiger charge is 2.37. The lowest BCUT2D eigenvalue weighted by Crippen LogP contribution is -2.52. The highest BCUT2D eigenvalue weighted by Crippen LogP contribution is 2.31. The Morgan fingerprint density at radius 2 is 1.46 bits per heavy atom. The molecule has 0 bridgehead atoms. The largest absolute Gasteiger partial charge is 0.487 e. The van der Waals surface area contributed by atoms with E-state index in [0.717, 1.165) is 28.3 Å². The summed E-state index contributed by atoms with van der Waals surface area (Å²) in [6, 6.07) is 12.9. The van der Waals surface area contributed by atoms with Crippen LogP contribution in [0.3, 0.4) is 0 Å². The molecule has 2 aromatic carbocycles. The monoisotopic (exact) mass is 602 g/mol. The van der Waals surface area contributed by atoms with Crippen LogP contribution >= 0.6 is 45.2 Å². The van der Waals surface area contributed by atoms with Gasteiger partial charge in [0.1, 0.15) is 17.9 Å². The molecule has 2 aromatic rings. The second kappa shape index (κ2) is 8.60. The molecule has 1 fully saturated rings. The second-order valence-electron chi connectivity index (χ2n) is 6.16. The van der Waals surface area contributed by atoms with Gasteiger partial charge in [-0.15, -0.1) is 0 Å². The summed E-state index contributed by atoms with van der Waals surface area (Å²) < 4.78 is 7.68. The Morgan fingerprint density at radius 3 is 2.00 bits per heavy atom. The SMILES string of the molecule is CN1C(=O)C(=Cc2cc(I)c(OCc3ccccc3)c(I)c2)C(=O)N(C)C1=O. The average Bonchev–Trinajstić information content (AvgIpc) is 2.68. The number of hydrogen-bond acceptors (Lipinski definition) is 4. The fourth-order valence-electron chi connectivity index (χ4n) is 2.67. The molecule has 0 N–H and O–H groups in total. The van der Waals surface area contributed by atoms with E-state index in [0.29, 0.717) is 12.2 Å². The van der Waals surface area contributed by atoms with Gasteiger partial charge in [-0.05, 0) is 74.5 Å². The van der Waals surface area contributed by atoms with Crippen LogP contribution in [0.2, 0.25) is 0 Å². The van der Waals surface area contributed by atoms with Crippen molar-refractivity contribution in [2.75, 3.05) is 14.1 Å². The zero-order valence-corrected chi connectivity index (χ0v) is 19.4. The van der Waals surface area contributed by atoms with E-state index in [1.54, 1.807) is 0 Å². The maximum absolute atomic E-state index is 12.4. The first-order valence-corrected chi connectivity index (χ1v) is 10.4. The number of halogens is 2. The van der Waals surface area contributed by atoms with E-state index in [9.17, 15) is 14.4 Å². The molecule has 0 atom stereocenters. The molecular weight excluding hydrogens is 586 g/mol. The average molecular weight is 602 g/mol. The Balaban J connectivity index is 1.88. The predicted molar refractivity (Wildman–Crippen MR) is 122 cm³/mol. The van der Waals surface area contributed by atoms with Crippen LogP contribution in [0.15, 0.2) is 48.0 Å². The Kier molecular flexibility index (Phi) is 6.38. The number of carbonyl (C=O) groups excluding carboxylic acids is 3. The van der Waals surface area contributed by atoms with E-state index >= 15 is 0 Å². The molecule has 6 nitrogen and oxygen atoms in total. The van der Waals surface area contributed by atoms with Gasteiger partial charge in [-0.3, -0.25) is 19.4 Å². The van der Waals surface area contributed by atoms with Crippen LogP contribution in [0.1, 0.15) is 11.1 Å². The zero-order chi connectivity index (χ0) is 20.4. The molecule has 0 aromatic heterocycles. The van der Waals surface area contributed by atoms with Gasteiger partial charge in [-0.2, -0.15) is 0 Å². The number of likely N-dealkylation sites (N-methyl/N-ethyl adjacent to an activating group) is 2. The number of hydrogen-bond donors (Lipinski definition) is 0. The van der Waals surface area contributed by atoms with Gasteiger partial charge in [0.15, 0.2) is 0 Å². The van der Waals surface area contributed by atoms with Gasteiger partial charge in [0, 0.05) is 14.1 Å². The molecule has 1 aliphatic rings. The maximum Gasteiger partial charge on any atom is 0.333 e. The molecule has 0 radical (unpaired) electrons. The number of barbiturate groups is 1. The van der Waals surface area contributed by atoms with Crippen LogP contribution in [0, 0.1) is 7.14 Å². The molecule has 8 heteroatoms.